The third-order valence-corrected chi connectivity index (χ3v) is 5.98. The Balaban J connectivity index is 1.78. The zero-order valence-electron chi connectivity index (χ0n) is 12.5. The van der Waals surface area contributed by atoms with Crippen LogP contribution < -0.4 is 0 Å². The van der Waals surface area contributed by atoms with Crippen LogP contribution in [0.4, 0.5) is 0 Å². The first kappa shape index (κ1) is 14.5. The number of aromatic nitrogens is 2. The Bertz CT molecular complexity index is 687. The van der Waals surface area contributed by atoms with E-state index >= 15 is 0 Å². The minimum absolute atomic E-state index is 0.249. The summed E-state index contributed by atoms with van der Waals surface area (Å²) in [7, 11) is 0. The summed E-state index contributed by atoms with van der Waals surface area (Å²) in [6, 6.07) is 2.12. The Hall–Kier alpha value is -1.04. The van der Waals surface area contributed by atoms with Gasteiger partial charge >= 0.3 is 0 Å². The van der Waals surface area contributed by atoms with Crippen LogP contribution in [0.15, 0.2) is 24.8 Å². The average molecular weight is 318 g/mol. The van der Waals surface area contributed by atoms with E-state index in [1.54, 1.807) is 6.33 Å². The lowest BCUT2D eigenvalue weighted by Crippen LogP contribution is -2.37. The van der Waals surface area contributed by atoms with E-state index in [-0.39, 0.29) is 6.10 Å². The Labute approximate surface area is 135 Å². The van der Waals surface area contributed by atoms with Crippen LogP contribution in [0.1, 0.15) is 61.7 Å². The van der Waals surface area contributed by atoms with Gasteiger partial charge in [-0.15, -0.1) is 0 Å². The fourth-order valence-electron chi connectivity index (χ4n) is 3.72. The molecule has 2 heterocycles. The van der Waals surface area contributed by atoms with Gasteiger partial charge in [0.1, 0.15) is 0 Å². The van der Waals surface area contributed by atoms with E-state index in [4.69, 9.17) is 12.6 Å². The second kappa shape index (κ2) is 5.25. The van der Waals surface area contributed by atoms with E-state index in [1.165, 1.54) is 18.4 Å². The van der Waals surface area contributed by atoms with Crippen molar-refractivity contribution in [2.75, 3.05) is 0 Å². The molecule has 2 N–H and O–H groups in total. The van der Waals surface area contributed by atoms with Crippen LogP contribution in [0.25, 0.3) is 5.52 Å². The molecule has 5 heteroatoms. The molecule has 0 unspecified atom stereocenters. The fraction of sp³-hybridized carbons (Fsp3) is 0.588. The molecule has 0 bridgehead atoms. The molecule has 0 radical (unpaired) electrons. The standard InChI is InChI=1S/C17H22N2O2S/c20-12-3-6-17(22,7-4-12)16(21)15-13(11-1-2-11)5-8-19-10-18-9-14(15)19/h5,8-12,16,20-22H,1-4,6-7H2/t12-,16-,17+/m1/s1. The number of imidazole rings is 1. The molecule has 4 rings (SSSR count). The van der Waals surface area contributed by atoms with Gasteiger partial charge in [-0.2, -0.15) is 12.6 Å². The quantitative estimate of drug-likeness (QED) is 0.763. The summed E-state index contributed by atoms with van der Waals surface area (Å²) >= 11 is 4.85. The van der Waals surface area contributed by atoms with Crippen molar-refractivity contribution in [1.82, 2.24) is 9.38 Å². The molecule has 2 aromatic heterocycles. The van der Waals surface area contributed by atoms with E-state index < -0.39 is 10.9 Å². The van der Waals surface area contributed by atoms with Gasteiger partial charge in [0.15, 0.2) is 0 Å². The molecular weight excluding hydrogens is 296 g/mol. The van der Waals surface area contributed by atoms with Crippen LogP contribution in [-0.4, -0.2) is 30.4 Å². The highest BCUT2D eigenvalue weighted by atomic mass is 32.1. The van der Waals surface area contributed by atoms with Crippen LogP contribution in [0.3, 0.4) is 0 Å². The molecule has 22 heavy (non-hydrogen) atoms. The summed E-state index contributed by atoms with van der Waals surface area (Å²) in [5, 5.41) is 20.9. The fourth-order valence-corrected chi connectivity index (χ4v) is 4.11. The van der Waals surface area contributed by atoms with E-state index in [9.17, 15) is 10.2 Å². The zero-order valence-corrected chi connectivity index (χ0v) is 13.4. The van der Waals surface area contributed by atoms with Gasteiger partial charge in [0, 0.05) is 16.5 Å². The van der Waals surface area contributed by atoms with Crippen molar-refractivity contribution in [3.8, 4) is 0 Å². The lowest BCUT2D eigenvalue weighted by atomic mass is 9.79. The van der Waals surface area contributed by atoms with Crippen LogP contribution in [0.5, 0.6) is 0 Å². The maximum atomic E-state index is 11.2. The molecule has 2 saturated carbocycles. The molecule has 0 aromatic carbocycles. The molecule has 118 valence electrons. The monoisotopic (exact) mass is 318 g/mol. The first-order valence-corrected chi connectivity index (χ1v) is 8.56. The lowest BCUT2D eigenvalue weighted by molar-refractivity contribution is 0.0604. The molecule has 2 aromatic rings. The number of rotatable bonds is 3. The number of nitrogens with zero attached hydrogens (tertiary/aromatic N) is 2. The maximum absolute atomic E-state index is 11.2. The number of thiol groups is 1. The molecule has 0 saturated heterocycles. The zero-order chi connectivity index (χ0) is 15.3. The minimum atomic E-state index is -0.626. The number of fused-ring (bicyclic) bond motifs is 1. The molecule has 4 nitrogen and oxygen atoms in total. The van der Waals surface area contributed by atoms with Gasteiger partial charge in [-0.3, -0.25) is 0 Å². The third-order valence-electron chi connectivity index (χ3n) is 5.29. The molecule has 1 atom stereocenters. The summed E-state index contributed by atoms with van der Waals surface area (Å²) in [6.45, 7) is 0. The van der Waals surface area contributed by atoms with Crippen molar-refractivity contribution in [2.45, 2.75) is 61.4 Å². The Morgan fingerprint density at radius 1 is 1.27 bits per heavy atom. The Morgan fingerprint density at radius 3 is 2.68 bits per heavy atom. The van der Waals surface area contributed by atoms with Crippen molar-refractivity contribution >= 4 is 18.1 Å². The van der Waals surface area contributed by atoms with Gasteiger partial charge in [-0.25, -0.2) is 4.98 Å². The largest absolute Gasteiger partial charge is 0.393 e. The molecule has 0 amide bonds. The molecule has 2 aliphatic rings. The highest BCUT2D eigenvalue weighted by molar-refractivity contribution is 7.81. The van der Waals surface area contributed by atoms with Crippen molar-refractivity contribution < 1.29 is 10.2 Å². The Morgan fingerprint density at radius 2 is 2.00 bits per heavy atom. The van der Waals surface area contributed by atoms with Gasteiger partial charge < -0.3 is 14.6 Å². The molecule has 2 fully saturated rings. The molecule has 0 aliphatic heterocycles. The van der Waals surface area contributed by atoms with Crippen LogP contribution in [0, 0.1) is 0 Å². The summed E-state index contributed by atoms with van der Waals surface area (Å²) in [5.74, 6) is 0.565. The van der Waals surface area contributed by atoms with E-state index in [0.29, 0.717) is 18.8 Å². The van der Waals surface area contributed by atoms with Crippen LogP contribution >= 0.6 is 12.6 Å². The second-order valence-corrected chi connectivity index (χ2v) is 7.77. The summed E-state index contributed by atoms with van der Waals surface area (Å²) < 4.78 is 1.51. The number of hydrogen-bond acceptors (Lipinski definition) is 4. The number of aliphatic hydroxyl groups excluding tert-OH is 2. The SMILES string of the molecule is O[C@H](c1c(C2CC2)ccn2cncc12)[C@]1(S)CC[C@@H](O)CC1. The maximum Gasteiger partial charge on any atom is 0.0992 e. The molecular formula is C17H22N2O2S. The van der Waals surface area contributed by atoms with Gasteiger partial charge in [0.25, 0.3) is 0 Å². The van der Waals surface area contributed by atoms with E-state index in [0.717, 1.165) is 23.9 Å². The summed E-state index contributed by atoms with van der Waals surface area (Å²) in [4.78, 5) is 4.23. The predicted molar refractivity (Wildman–Crippen MR) is 88.3 cm³/mol. The molecule has 0 spiro atoms. The lowest BCUT2D eigenvalue weighted by Gasteiger charge is -2.39. The van der Waals surface area contributed by atoms with Crippen LogP contribution in [0.2, 0.25) is 0 Å². The van der Waals surface area contributed by atoms with E-state index in [1.807, 2.05) is 16.8 Å². The van der Waals surface area contributed by atoms with Gasteiger partial charge in [-0.1, -0.05) is 0 Å². The summed E-state index contributed by atoms with van der Waals surface area (Å²) in [6.07, 6.45) is 10.0. The van der Waals surface area contributed by atoms with Crippen molar-refractivity contribution in [3.63, 3.8) is 0 Å². The van der Waals surface area contributed by atoms with Crippen molar-refractivity contribution in [2.24, 2.45) is 0 Å². The van der Waals surface area contributed by atoms with Gasteiger partial charge in [-0.05, 0) is 56.1 Å². The number of hydrogen-bond donors (Lipinski definition) is 3. The first-order chi connectivity index (χ1) is 10.6. The van der Waals surface area contributed by atoms with Gasteiger partial charge in [0.05, 0.1) is 30.2 Å². The number of pyridine rings is 1. The Kier molecular flexibility index (Phi) is 3.47. The molecule has 2 aliphatic carbocycles. The van der Waals surface area contributed by atoms with Crippen LogP contribution in [-0.2, 0) is 0 Å². The van der Waals surface area contributed by atoms with Crippen molar-refractivity contribution in [1.29, 1.82) is 0 Å². The first-order valence-electron chi connectivity index (χ1n) is 8.11. The third kappa shape index (κ3) is 2.36. The predicted octanol–water partition coefficient (Wildman–Crippen LogP) is 2.85. The average Bonchev–Trinajstić information content (AvgIpc) is 3.26. The number of aliphatic hydroxyl groups is 2. The topological polar surface area (TPSA) is 57.8 Å². The normalized spacial score (nSPS) is 30.6. The van der Waals surface area contributed by atoms with Gasteiger partial charge in [0.2, 0.25) is 0 Å². The highest BCUT2D eigenvalue weighted by Crippen LogP contribution is 2.49. The minimum Gasteiger partial charge on any atom is -0.393 e. The second-order valence-electron chi connectivity index (χ2n) is 6.88. The summed E-state index contributed by atoms with van der Waals surface area (Å²) in [5.41, 5.74) is 3.23. The van der Waals surface area contributed by atoms with Crippen molar-refractivity contribution in [3.05, 3.63) is 35.9 Å². The smallest absolute Gasteiger partial charge is 0.0992 e. The highest BCUT2D eigenvalue weighted by Gasteiger charge is 2.41. The van der Waals surface area contributed by atoms with E-state index in [2.05, 4.69) is 11.1 Å².